The summed E-state index contributed by atoms with van der Waals surface area (Å²) < 4.78 is 6.06. The Morgan fingerprint density at radius 2 is 2.08 bits per heavy atom. The second-order valence-corrected chi connectivity index (χ2v) is 7.94. The molecule has 1 saturated heterocycles. The fourth-order valence-electron chi connectivity index (χ4n) is 3.78. The van der Waals surface area contributed by atoms with Gasteiger partial charge in [-0.2, -0.15) is 0 Å². The van der Waals surface area contributed by atoms with Crippen LogP contribution in [0.1, 0.15) is 38.2 Å². The van der Waals surface area contributed by atoms with Gasteiger partial charge in [0.05, 0.1) is 6.10 Å². The van der Waals surface area contributed by atoms with Gasteiger partial charge in [0, 0.05) is 31.7 Å². The Bertz CT molecular complexity index is 613. The number of urea groups is 1. The van der Waals surface area contributed by atoms with E-state index >= 15 is 0 Å². The van der Waals surface area contributed by atoms with Gasteiger partial charge in [-0.3, -0.25) is 4.90 Å². The summed E-state index contributed by atoms with van der Waals surface area (Å²) in [5.41, 5.74) is 1.18. The highest BCUT2D eigenvalue weighted by Crippen LogP contribution is 2.33. The first-order valence-electron chi connectivity index (χ1n) is 9.71. The number of hydrogen-bond donors (Lipinski definition) is 1. The lowest BCUT2D eigenvalue weighted by atomic mass is 9.82. The van der Waals surface area contributed by atoms with Gasteiger partial charge in [-0.15, -0.1) is 0 Å². The van der Waals surface area contributed by atoms with Crippen LogP contribution in [0.15, 0.2) is 18.2 Å². The summed E-state index contributed by atoms with van der Waals surface area (Å²) >= 11 is 6.46. The van der Waals surface area contributed by atoms with Crippen molar-refractivity contribution >= 4 is 17.6 Å². The predicted molar refractivity (Wildman–Crippen MR) is 105 cm³/mol. The van der Waals surface area contributed by atoms with Crippen LogP contribution >= 0.6 is 11.6 Å². The lowest BCUT2D eigenvalue weighted by Gasteiger charge is -2.37. The zero-order valence-corrected chi connectivity index (χ0v) is 16.6. The first kappa shape index (κ1) is 19.3. The Balaban J connectivity index is 1.43. The van der Waals surface area contributed by atoms with Crippen molar-refractivity contribution in [1.82, 2.24) is 15.1 Å². The number of amides is 2. The molecule has 0 atom stereocenters. The van der Waals surface area contributed by atoms with E-state index in [1.54, 1.807) is 4.90 Å². The van der Waals surface area contributed by atoms with Crippen LogP contribution < -0.4 is 10.1 Å². The molecule has 1 N–H and O–H groups in total. The maximum atomic E-state index is 11.7. The summed E-state index contributed by atoms with van der Waals surface area (Å²) in [6, 6.07) is 6.07. The zero-order chi connectivity index (χ0) is 18.5. The summed E-state index contributed by atoms with van der Waals surface area (Å²) in [6.07, 6.45) is 4.77. The van der Waals surface area contributed by atoms with Crippen molar-refractivity contribution in [2.45, 2.75) is 45.3 Å². The molecule has 1 aromatic rings. The fraction of sp³-hybridized carbons (Fsp3) is 0.650. The standard InChI is InChI=1S/C20H30ClN3O2/c1-3-22-20(25)23(2)13-15-10-18(11-15)26-17-7-6-16(19(21)12-17)14-24-8-4-5-9-24/h6-7,12,15,18H,3-5,8-11,13-14H2,1-2H3,(H,22,25). The number of rotatable bonds is 7. The van der Waals surface area contributed by atoms with E-state index in [1.807, 2.05) is 26.1 Å². The highest BCUT2D eigenvalue weighted by molar-refractivity contribution is 6.31. The third-order valence-electron chi connectivity index (χ3n) is 5.32. The average Bonchev–Trinajstić information content (AvgIpc) is 3.08. The third kappa shape index (κ3) is 5.04. The van der Waals surface area contributed by atoms with E-state index in [4.69, 9.17) is 16.3 Å². The molecule has 6 heteroatoms. The molecular formula is C20H30ClN3O2. The molecule has 144 valence electrons. The molecule has 1 heterocycles. The van der Waals surface area contributed by atoms with E-state index < -0.39 is 0 Å². The first-order valence-corrected chi connectivity index (χ1v) is 10.1. The minimum Gasteiger partial charge on any atom is -0.490 e. The van der Waals surface area contributed by atoms with Gasteiger partial charge in [0.15, 0.2) is 0 Å². The summed E-state index contributed by atoms with van der Waals surface area (Å²) in [5, 5.41) is 3.62. The molecule has 0 unspecified atom stereocenters. The molecule has 2 fully saturated rings. The number of nitrogens with zero attached hydrogens (tertiary/aromatic N) is 2. The van der Waals surface area contributed by atoms with Gasteiger partial charge in [0.25, 0.3) is 0 Å². The van der Waals surface area contributed by atoms with Gasteiger partial charge >= 0.3 is 6.03 Å². The van der Waals surface area contributed by atoms with Crippen LogP contribution in [0.2, 0.25) is 5.02 Å². The first-order chi connectivity index (χ1) is 12.5. The Hall–Kier alpha value is -1.46. The van der Waals surface area contributed by atoms with Crippen molar-refractivity contribution < 1.29 is 9.53 Å². The van der Waals surface area contributed by atoms with Crippen LogP contribution in [0.5, 0.6) is 5.75 Å². The van der Waals surface area contributed by atoms with Gasteiger partial charge in [-0.25, -0.2) is 4.79 Å². The molecule has 26 heavy (non-hydrogen) atoms. The van der Waals surface area contributed by atoms with Crippen molar-refractivity contribution in [3.63, 3.8) is 0 Å². The number of likely N-dealkylation sites (tertiary alicyclic amines) is 1. The highest BCUT2D eigenvalue weighted by Gasteiger charge is 2.32. The van der Waals surface area contributed by atoms with Gasteiger partial charge in [0.2, 0.25) is 0 Å². The van der Waals surface area contributed by atoms with Crippen LogP contribution in [0.4, 0.5) is 4.79 Å². The summed E-state index contributed by atoms with van der Waals surface area (Å²) in [5.74, 6) is 1.36. The zero-order valence-electron chi connectivity index (χ0n) is 15.8. The van der Waals surface area contributed by atoms with Gasteiger partial charge < -0.3 is 15.0 Å². The van der Waals surface area contributed by atoms with Crippen LogP contribution in [-0.4, -0.2) is 55.2 Å². The molecule has 1 saturated carbocycles. The second-order valence-electron chi connectivity index (χ2n) is 7.53. The number of halogens is 1. The minimum atomic E-state index is -0.00255. The summed E-state index contributed by atoms with van der Waals surface area (Å²) in [6.45, 7) is 6.64. The van der Waals surface area contributed by atoms with E-state index in [1.165, 1.54) is 31.5 Å². The van der Waals surface area contributed by atoms with Crippen molar-refractivity contribution in [3.05, 3.63) is 28.8 Å². The highest BCUT2D eigenvalue weighted by atomic mass is 35.5. The molecule has 2 amide bonds. The molecule has 0 bridgehead atoms. The number of ether oxygens (including phenoxy) is 1. The van der Waals surface area contributed by atoms with Gasteiger partial charge in [-0.1, -0.05) is 17.7 Å². The van der Waals surface area contributed by atoms with Crippen LogP contribution in [0.3, 0.4) is 0 Å². The van der Waals surface area contributed by atoms with E-state index in [0.717, 1.165) is 36.7 Å². The van der Waals surface area contributed by atoms with E-state index in [-0.39, 0.29) is 12.1 Å². The van der Waals surface area contributed by atoms with Crippen molar-refractivity contribution in [2.75, 3.05) is 33.2 Å². The quantitative estimate of drug-likeness (QED) is 0.784. The maximum absolute atomic E-state index is 11.7. The van der Waals surface area contributed by atoms with Crippen LogP contribution in [0, 0.1) is 5.92 Å². The largest absolute Gasteiger partial charge is 0.490 e. The molecule has 5 nitrogen and oxygen atoms in total. The summed E-state index contributed by atoms with van der Waals surface area (Å²) in [7, 11) is 1.85. The number of benzene rings is 1. The van der Waals surface area contributed by atoms with Crippen molar-refractivity contribution in [3.8, 4) is 5.75 Å². The molecule has 0 aromatic heterocycles. The smallest absolute Gasteiger partial charge is 0.317 e. The Kier molecular flexibility index (Phi) is 6.65. The van der Waals surface area contributed by atoms with Crippen LogP contribution in [-0.2, 0) is 6.54 Å². The Morgan fingerprint density at radius 3 is 2.73 bits per heavy atom. The second kappa shape index (κ2) is 8.96. The Labute approximate surface area is 161 Å². The fourth-order valence-corrected chi connectivity index (χ4v) is 4.01. The molecule has 2 aliphatic rings. The molecule has 1 aliphatic carbocycles. The molecule has 3 rings (SSSR count). The Morgan fingerprint density at radius 1 is 1.35 bits per heavy atom. The number of hydrogen-bond acceptors (Lipinski definition) is 3. The number of carbonyl (C=O) groups is 1. The summed E-state index contributed by atoms with van der Waals surface area (Å²) in [4.78, 5) is 16.0. The van der Waals surface area contributed by atoms with Gasteiger partial charge in [0.1, 0.15) is 5.75 Å². The number of nitrogens with one attached hydrogen (secondary N) is 1. The molecular weight excluding hydrogens is 350 g/mol. The maximum Gasteiger partial charge on any atom is 0.317 e. The average molecular weight is 380 g/mol. The topological polar surface area (TPSA) is 44.8 Å². The normalized spacial score (nSPS) is 22.7. The van der Waals surface area contributed by atoms with E-state index in [9.17, 15) is 4.79 Å². The van der Waals surface area contributed by atoms with Crippen molar-refractivity contribution in [1.29, 1.82) is 0 Å². The van der Waals surface area contributed by atoms with E-state index in [2.05, 4.69) is 16.3 Å². The number of carbonyl (C=O) groups excluding carboxylic acids is 1. The minimum absolute atomic E-state index is 0.00255. The lowest BCUT2D eigenvalue weighted by Crippen LogP contribution is -2.45. The lowest BCUT2D eigenvalue weighted by molar-refractivity contribution is 0.0523. The van der Waals surface area contributed by atoms with E-state index in [0.29, 0.717) is 12.5 Å². The molecule has 1 aliphatic heterocycles. The predicted octanol–water partition coefficient (Wildman–Crippen LogP) is 3.75. The van der Waals surface area contributed by atoms with Crippen LogP contribution in [0.25, 0.3) is 0 Å². The molecule has 1 aromatic carbocycles. The van der Waals surface area contributed by atoms with Gasteiger partial charge in [-0.05, 0) is 69.3 Å². The van der Waals surface area contributed by atoms with Crippen molar-refractivity contribution in [2.24, 2.45) is 5.92 Å². The third-order valence-corrected chi connectivity index (χ3v) is 5.67. The monoisotopic (exact) mass is 379 g/mol. The molecule has 0 spiro atoms. The molecule has 0 radical (unpaired) electrons. The SMILES string of the molecule is CCNC(=O)N(C)CC1CC(Oc2ccc(CN3CCCC3)c(Cl)c2)C1.